The Bertz CT molecular complexity index is 953. The van der Waals surface area contributed by atoms with Crippen LogP contribution < -0.4 is 10.1 Å². The number of aryl methyl sites for hydroxylation is 2. The van der Waals surface area contributed by atoms with Gasteiger partial charge < -0.3 is 19.5 Å². The highest BCUT2D eigenvalue weighted by Crippen LogP contribution is 2.58. The van der Waals surface area contributed by atoms with Gasteiger partial charge in [0.1, 0.15) is 11.6 Å². The van der Waals surface area contributed by atoms with Crippen molar-refractivity contribution in [3.63, 3.8) is 0 Å². The molecule has 33 heavy (non-hydrogen) atoms. The number of hydrogen-bond donors (Lipinski definition) is 1. The first-order chi connectivity index (χ1) is 16.0. The number of piperidine rings is 1. The Morgan fingerprint density at radius 3 is 2.79 bits per heavy atom. The number of carbonyl (C=O) groups excluding carboxylic acids is 1. The Morgan fingerprint density at radius 2 is 2.06 bits per heavy atom. The van der Waals surface area contributed by atoms with Gasteiger partial charge in [-0.2, -0.15) is 0 Å². The van der Waals surface area contributed by atoms with Crippen molar-refractivity contribution in [2.75, 3.05) is 26.2 Å². The molecule has 0 radical (unpaired) electrons. The molecule has 0 spiro atoms. The first-order valence-electron chi connectivity index (χ1n) is 12.4. The minimum Gasteiger partial charge on any atom is -0.481 e. The number of aromatic nitrogens is 3. The van der Waals surface area contributed by atoms with Gasteiger partial charge in [0.2, 0.25) is 0 Å². The van der Waals surface area contributed by atoms with E-state index in [-0.39, 0.29) is 24.0 Å². The summed E-state index contributed by atoms with van der Waals surface area (Å²) in [6.07, 6.45) is 11.1. The van der Waals surface area contributed by atoms with Crippen molar-refractivity contribution in [3.05, 3.63) is 35.7 Å². The van der Waals surface area contributed by atoms with Crippen LogP contribution >= 0.6 is 0 Å². The highest BCUT2D eigenvalue weighted by atomic mass is 16.5. The number of likely N-dealkylation sites (tertiary alicyclic amines) is 1. The average Bonchev–Trinajstić information content (AvgIpc) is 3.16. The molecule has 3 aliphatic rings. The molecular formula is C25H35N5O3. The van der Waals surface area contributed by atoms with Crippen molar-refractivity contribution in [2.24, 2.45) is 11.8 Å². The number of hydrogen-bond acceptors (Lipinski definition) is 7. The van der Waals surface area contributed by atoms with E-state index in [0.29, 0.717) is 11.6 Å². The van der Waals surface area contributed by atoms with Crippen molar-refractivity contribution in [1.29, 1.82) is 0 Å². The molecule has 178 valence electrons. The van der Waals surface area contributed by atoms with Crippen LogP contribution in [0.25, 0.3) is 0 Å². The van der Waals surface area contributed by atoms with E-state index in [2.05, 4.69) is 38.3 Å². The Kier molecular flexibility index (Phi) is 6.36. The first kappa shape index (κ1) is 22.3. The van der Waals surface area contributed by atoms with Crippen LogP contribution in [-0.2, 0) is 16.6 Å². The number of amides is 1. The van der Waals surface area contributed by atoms with Gasteiger partial charge >= 0.3 is 0 Å². The summed E-state index contributed by atoms with van der Waals surface area (Å²) < 4.78 is 11.0. The number of nitrogens with zero attached hydrogens (tertiary/aromatic N) is 4. The van der Waals surface area contributed by atoms with E-state index in [0.717, 1.165) is 43.4 Å². The quantitative estimate of drug-likeness (QED) is 0.624. The van der Waals surface area contributed by atoms with Gasteiger partial charge in [-0.25, -0.2) is 9.97 Å². The van der Waals surface area contributed by atoms with Crippen molar-refractivity contribution in [1.82, 2.24) is 25.3 Å². The average molecular weight is 454 g/mol. The molecule has 2 atom stereocenters. The fourth-order valence-corrected chi connectivity index (χ4v) is 5.70. The summed E-state index contributed by atoms with van der Waals surface area (Å²) in [5.41, 5.74) is 1.45. The number of carbonyl (C=O) groups is 1. The topological polar surface area (TPSA) is 93.4 Å². The Hall–Kier alpha value is -2.48. The Morgan fingerprint density at radius 1 is 1.27 bits per heavy atom. The zero-order valence-electron chi connectivity index (χ0n) is 19.8. The molecule has 1 amide bonds. The van der Waals surface area contributed by atoms with Crippen LogP contribution in [0.2, 0.25) is 0 Å². The molecule has 5 rings (SSSR count). The lowest BCUT2D eigenvalue weighted by Gasteiger charge is -2.30. The summed E-state index contributed by atoms with van der Waals surface area (Å²) in [4.78, 5) is 23.0. The van der Waals surface area contributed by atoms with Gasteiger partial charge in [0.15, 0.2) is 12.4 Å². The molecule has 2 aromatic rings. The smallest absolute Gasteiger partial charge is 0.258 e. The minimum absolute atomic E-state index is 0.00942. The highest BCUT2D eigenvalue weighted by Gasteiger charge is 2.62. The van der Waals surface area contributed by atoms with Gasteiger partial charge in [-0.15, -0.1) is 0 Å². The summed E-state index contributed by atoms with van der Waals surface area (Å²) in [6, 6.07) is 2.44. The van der Waals surface area contributed by atoms with E-state index in [1.54, 1.807) is 12.4 Å². The van der Waals surface area contributed by atoms with Gasteiger partial charge in [-0.3, -0.25) is 4.79 Å². The molecule has 1 saturated heterocycles. The Balaban J connectivity index is 0.992. The second-order valence-corrected chi connectivity index (χ2v) is 10.2. The number of nitrogens with one attached hydrogen (secondary N) is 1. The maximum Gasteiger partial charge on any atom is 0.258 e. The lowest BCUT2D eigenvalue weighted by atomic mass is 9.84. The van der Waals surface area contributed by atoms with E-state index in [4.69, 9.17) is 9.26 Å². The van der Waals surface area contributed by atoms with Crippen LogP contribution in [0.1, 0.15) is 62.7 Å². The molecule has 1 N–H and O–H groups in total. The van der Waals surface area contributed by atoms with E-state index in [9.17, 15) is 4.79 Å². The summed E-state index contributed by atoms with van der Waals surface area (Å²) in [6.45, 7) is 7.44. The zero-order valence-corrected chi connectivity index (χ0v) is 19.8. The monoisotopic (exact) mass is 453 g/mol. The predicted molar refractivity (Wildman–Crippen MR) is 123 cm³/mol. The van der Waals surface area contributed by atoms with Gasteiger partial charge in [0.25, 0.3) is 5.91 Å². The van der Waals surface area contributed by atoms with Gasteiger partial charge in [-0.05, 0) is 63.8 Å². The zero-order chi connectivity index (χ0) is 22.8. The Labute approximate surface area is 195 Å². The summed E-state index contributed by atoms with van der Waals surface area (Å²) in [7, 11) is 0. The maximum absolute atomic E-state index is 12.2. The number of ether oxygens (including phenoxy) is 1. The molecule has 8 nitrogen and oxygen atoms in total. The number of fused-ring (bicyclic) bond motifs is 1. The minimum atomic E-state index is -0.0697. The van der Waals surface area contributed by atoms with E-state index in [1.807, 2.05) is 6.92 Å². The third-order valence-corrected chi connectivity index (χ3v) is 7.83. The largest absolute Gasteiger partial charge is 0.481 e. The van der Waals surface area contributed by atoms with E-state index < -0.39 is 0 Å². The van der Waals surface area contributed by atoms with Gasteiger partial charge in [0.05, 0.1) is 18.1 Å². The van der Waals surface area contributed by atoms with Crippen molar-refractivity contribution in [2.45, 2.75) is 70.3 Å². The van der Waals surface area contributed by atoms with E-state index >= 15 is 0 Å². The molecule has 3 heterocycles. The second kappa shape index (κ2) is 9.41. The first-order valence-corrected chi connectivity index (χ1v) is 12.4. The molecule has 2 aliphatic carbocycles. The lowest BCUT2D eigenvalue weighted by Crippen LogP contribution is -2.40. The third-order valence-electron chi connectivity index (χ3n) is 7.83. The molecule has 1 aliphatic heterocycles. The van der Waals surface area contributed by atoms with Crippen LogP contribution in [-0.4, -0.2) is 58.2 Å². The molecule has 2 saturated carbocycles. The van der Waals surface area contributed by atoms with Crippen LogP contribution in [0.4, 0.5) is 0 Å². The van der Waals surface area contributed by atoms with Gasteiger partial charge in [-0.1, -0.05) is 12.1 Å². The van der Waals surface area contributed by atoms with Crippen molar-refractivity contribution in [3.8, 4) is 5.75 Å². The third kappa shape index (κ3) is 5.05. The molecule has 0 bridgehead atoms. The fraction of sp³-hybridized carbons (Fsp3) is 0.680. The molecular weight excluding hydrogens is 418 g/mol. The van der Waals surface area contributed by atoms with Crippen LogP contribution in [0, 0.1) is 18.8 Å². The SMILES string of the molecule is CCc1cc([C@]23CC2CN(CC[C@H]2CC[C@H](NC(=O)COc4cnc(C)nc4)CC2)C3)no1. The predicted octanol–water partition coefficient (Wildman–Crippen LogP) is 3.05. The fourth-order valence-electron chi connectivity index (χ4n) is 5.70. The van der Waals surface area contributed by atoms with Crippen molar-refractivity contribution >= 4 is 5.91 Å². The van der Waals surface area contributed by atoms with Gasteiger partial charge in [0, 0.05) is 37.0 Å². The molecule has 0 aromatic carbocycles. The summed E-state index contributed by atoms with van der Waals surface area (Å²) in [5, 5.41) is 7.51. The van der Waals surface area contributed by atoms with Crippen LogP contribution in [0.5, 0.6) is 5.75 Å². The van der Waals surface area contributed by atoms with Crippen molar-refractivity contribution < 1.29 is 14.1 Å². The molecule has 8 heteroatoms. The lowest BCUT2D eigenvalue weighted by molar-refractivity contribution is -0.124. The summed E-state index contributed by atoms with van der Waals surface area (Å²) in [5.74, 6) is 3.65. The number of rotatable bonds is 9. The van der Waals surface area contributed by atoms with Crippen LogP contribution in [0.3, 0.4) is 0 Å². The summed E-state index contributed by atoms with van der Waals surface area (Å²) >= 11 is 0. The highest BCUT2D eigenvalue weighted by molar-refractivity contribution is 5.77. The normalized spacial score (nSPS) is 29.0. The van der Waals surface area contributed by atoms with E-state index in [1.165, 1.54) is 44.5 Å². The molecule has 2 aromatic heterocycles. The maximum atomic E-state index is 12.2. The molecule has 3 fully saturated rings. The second-order valence-electron chi connectivity index (χ2n) is 10.2. The standard InChI is InChI=1S/C25H35N5O3/c1-3-21-10-23(29-33-21)25-11-19(25)14-30(16-25)9-8-18-4-6-20(7-5-18)28-24(31)15-32-22-12-26-17(2)27-13-22/h10,12-13,18-20H,3-9,11,14-16H2,1-2H3,(H,28,31)/t18-,19?,20-,25-/m0/s1. The van der Waals surface area contributed by atoms with Crippen LogP contribution in [0.15, 0.2) is 23.0 Å². The molecule has 1 unspecified atom stereocenters.